The second kappa shape index (κ2) is 8.76. The van der Waals surface area contributed by atoms with Crippen molar-refractivity contribution in [2.75, 3.05) is 0 Å². The Labute approximate surface area is 96.5 Å². The summed E-state index contributed by atoms with van der Waals surface area (Å²) in [5.41, 5.74) is 0. The van der Waals surface area contributed by atoms with Crippen LogP contribution in [0.15, 0.2) is 24.8 Å². The molecule has 0 aromatic heterocycles. The molecule has 1 saturated carbocycles. The summed E-state index contributed by atoms with van der Waals surface area (Å²) in [7, 11) is 0. The Morgan fingerprint density at radius 1 is 1.27 bits per heavy atom. The van der Waals surface area contributed by atoms with Gasteiger partial charge in [-0.2, -0.15) is 0 Å². The number of rotatable bonds is 4. The van der Waals surface area contributed by atoms with Gasteiger partial charge in [0.15, 0.2) is 0 Å². The summed E-state index contributed by atoms with van der Waals surface area (Å²) >= 11 is 0. The van der Waals surface area contributed by atoms with Crippen LogP contribution >= 0.6 is 0 Å². The predicted octanol–water partition coefficient (Wildman–Crippen LogP) is 5.22. The van der Waals surface area contributed by atoms with Gasteiger partial charge in [-0.15, -0.1) is 6.58 Å². The minimum Gasteiger partial charge on any atom is -0.103 e. The molecule has 0 aromatic rings. The third-order valence-corrected chi connectivity index (χ3v) is 3.22. The van der Waals surface area contributed by atoms with E-state index in [4.69, 9.17) is 0 Å². The first-order valence-corrected chi connectivity index (χ1v) is 6.58. The average Bonchev–Trinajstić information content (AvgIpc) is 2.63. The molecule has 1 fully saturated rings. The SMILES string of the molecule is C=CC1C(/C=C/CCC)CC[C@@H]1C.CC. The summed E-state index contributed by atoms with van der Waals surface area (Å²) < 4.78 is 0. The normalized spacial score (nSPS) is 30.0. The Morgan fingerprint density at radius 2 is 1.93 bits per heavy atom. The molecule has 0 nitrogen and oxygen atoms in total. The maximum absolute atomic E-state index is 3.94. The van der Waals surface area contributed by atoms with Gasteiger partial charge in [-0.05, 0) is 37.0 Å². The van der Waals surface area contributed by atoms with Gasteiger partial charge < -0.3 is 0 Å². The lowest BCUT2D eigenvalue weighted by atomic mass is 9.90. The van der Waals surface area contributed by atoms with Crippen molar-refractivity contribution < 1.29 is 0 Å². The van der Waals surface area contributed by atoms with Gasteiger partial charge in [0.1, 0.15) is 0 Å². The van der Waals surface area contributed by atoms with E-state index >= 15 is 0 Å². The summed E-state index contributed by atoms with van der Waals surface area (Å²) in [6, 6.07) is 0. The molecule has 15 heavy (non-hydrogen) atoms. The molecular weight excluding hydrogens is 180 g/mol. The lowest BCUT2D eigenvalue weighted by molar-refractivity contribution is 0.455. The summed E-state index contributed by atoms with van der Waals surface area (Å²) in [5.74, 6) is 2.35. The first-order chi connectivity index (χ1) is 7.29. The quantitative estimate of drug-likeness (QED) is 0.556. The van der Waals surface area contributed by atoms with Gasteiger partial charge >= 0.3 is 0 Å². The Morgan fingerprint density at radius 3 is 2.47 bits per heavy atom. The van der Waals surface area contributed by atoms with Crippen molar-refractivity contribution in [1.29, 1.82) is 0 Å². The standard InChI is InChI=1S/C13H22.C2H6/c1-4-6-7-8-12-10-9-11(3)13(12)5-2;1-2/h5,7-8,11-13H,2,4,6,9-10H2,1,3H3;1-2H3/b8-7+;/t11-,12?,13?;/m0./s1. The molecule has 0 saturated heterocycles. The van der Waals surface area contributed by atoms with E-state index < -0.39 is 0 Å². The minimum atomic E-state index is 0.730. The molecule has 88 valence electrons. The van der Waals surface area contributed by atoms with Gasteiger partial charge in [-0.1, -0.05) is 52.3 Å². The van der Waals surface area contributed by atoms with E-state index in [0.717, 1.165) is 17.8 Å². The van der Waals surface area contributed by atoms with E-state index in [9.17, 15) is 0 Å². The van der Waals surface area contributed by atoms with Crippen LogP contribution in [0.3, 0.4) is 0 Å². The van der Waals surface area contributed by atoms with Crippen molar-refractivity contribution in [2.24, 2.45) is 17.8 Å². The monoisotopic (exact) mass is 208 g/mol. The number of hydrogen-bond acceptors (Lipinski definition) is 0. The maximum Gasteiger partial charge on any atom is -0.0147 e. The van der Waals surface area contributed by atoms with E-state index in [1.807, 2.05) is 13.8 Å². The Bertz CT molecular complexity index is 178. The van der Waals surface area contributed by atoms with Gasteiger partial charge in [-0.3, -0.25) is 0 Å². The van der Waals surface area contributed by atoms with Crippen molar-refractivity contribution in [3.8, 4) is 0 Å². The summed E-state index contributed by atoms with van der Waals surface area (Å²) in [6.45, 7) is 12.5. The van der Waals surface area contributed by atoms with Crippen molar-refractivity contribution in [1.82, 2.24) is 0 Å². The van der Waals surface area contributed by atoms with E-state index in [0.29, 0.717) is 0 Å². The van der Waals surface area contributed by atoms with Crippen LogP contribution in [-0.2, 0) is 0 Å². The zero-order chi connectivity index (χ0) is 11.7. The molecular formula is C15H28. The van der Waals surface area contributed by atoms with Crippen molar-refractivity contribution in [2.45, 2.75) is 53.4 Å². The Kier molecular flexibility index (Phi) is 8.46. The molecule has 0 aliphatic heterocycles. The van der Waals surface area contributed by atoms with Gasteiger partial charge in [0.2, 0.25) is 0 Å². The fourth-order valence-corrected chi connectivity index (χ4v) is 2.33. The van der Waals surface area contributed by atoms with Crippen molar-refractivity contribution in [3.63, 3.8) is 0 Å². The highest BCUT2D eigenvalue weighted by Gasteiger charge is 2.28. The van der Waals surface area contributed by atoms with Gasteiger partial charge in [0.25, 0.3) is 0 Å². The largest absolute Gasteiger partial charge is 0.103 e. The van der Waals surface area contributed by atoms with Crippen molar-refractivity contribution >= 4 is 0 Å². The van der Waals surface area contributed by atoms with Crippen LogP contribution in [0.1, 0.15) is 53.4 Å². The molecule has 1 aliphatic rings. The first kappa shape index (κ1) is 14.5. The molecule has 2 unspecified atom stereocenters. The zero-order valence-corrected chi connectivity index (χ0v) is 11.0. The highest BCUT2D eigenvalue weighted by Crippen LogP contribution is 2.38. The summed E-state index contributed by atoms with van der Waals surface area (Å²) in [5, 5.41) is 0. The Balaban J connectivity index is 0.000000921. The predicted molar refractivity (Wildman–Crippen MR) is 71.0 cm³/mol. The number of hydrogen-bond donors (Lipinski definition) is 0. The summed E-state index contributed by atoms with van der Waals surface area (Å²) in [6.07, 6.45) is 12.1. The molecule has 3 atom stereocenters. The molecule has 0 spiro atoms. The van der Waals surface area contributed by atoms with E-state index in [2.05, 4.69) is 38.7 Å². The average molecular weight is 208 g/mol. The van der Waals surface area contributed by atoms with Crippen LogP contribution in [0.5, 0.6) is 0 Å². The summed E-state index contributed by atoms with van der Waals surface area (Å²) in [4.78, 5) is 0. The van der Waals surface area contributed by atoms with Crippen LogP contribution in [0.4, 0.5) is 0 Å². The molecule has 0 aromatic carbocycles. The fourth-order valence-electron chi connectivity index (χ4n) is 2.33. The van der Waals surface area contributed by atoms with Crippen molar-refractivity contribution in [3.05, 3.63) is 24.8 Å². The van der Waals surface area contributed by atoms with Crippen LogP contribution in [0.2, 0.25) is 0 Å². The lowest BCUT2D eigenvalue weighted by Crippen LogP contribution is -2.07. The topological polar surface area (TPSA) is 0 Å². The molecule has 0 heterocycles. The Hall–Kier alpha value is -0.520. The zero-order valence-electron chi connectivity index (χ0n) is 11.0. The molecule has 0 heteroatoms. The smallest absolute Gasteiger partial charge is 0.0147 e. The van der Waals surface area contributed by atoms with Crippen LogP contribution in [-0.4, -0.2) is 0 Å². The van der Waals surface area contributed by atoms with Gasteiger partial charge in [0, 0.05) is 0 Å². The highest BCUT2D eigenvalue weighted by atomic mass is 14.3. The van der Waals surface area contributed by atoms with E-state index in [1.165, 1.54) is 25.7 Å². The highest BCUT2D eigenvalue weighted by molar-refractivity contribution is 5.02. The molecule has 0 radical (unpaired) electrons. The molecule has 1 rings (SSSR count). The minimum absolute atomic E-state index is 0.730. The van der Waals surface area contributed by atoms with Crippen LogP contribution in [0.25, 0.3) is 0 Å². The second-order valence-corrected chi connectivity index (χ2v) is 4.25. The second-order valence-electron chi connectivity index (χ2n) is 4.25. The maximum atomic E-state index is 3.94. The van der Waals surface area contributed by atoms with Crippen LogP contribution < -0.4 is 0 Å². The molecule has 0 bridgehead atoms. The molecule has 0 amide bonds. The van der Waals surface area contributed by atoms with E-state index in [-0.39, 0.29) is 0 Å². The molecule has 1 aliphatic carbocycles. The first-order valence-electron chi connectivity index (χ1n) is 6.58. The third kappa shape index (κ3) is 4.68. The number of allylic oxidation sites excluding steroid dienone is 3. The fraction of sp³-hybridized carbons (Fsp3) is 0.733. The van der Waals surface area contributed by atoms with Gasteiger partial charge in [-0.25, -0.2) is 0 Å². The third-order valence-electron chi connectivity index (χ3n) is 3.22. The van der Waals surface area contributed by atoms with E-state index in [1.54, 1.807) is 0 Å². The molecule has 0 N–H and O–H groups in total. The lowest BCUT2D eigenvalue weighted by Gasteiger charge is -2.15. The van der Waals surface area contributed by atoms with Gasteiger partial charge in [0.05, 0.1) is 0 Å². The number of unbranched alkanes of at least 4 members (excludes halogenated alkanes) is 1. The van der Waals surface area contributed by atoms with Crippen LogP contribution in [0, 0.1) is 17.8 Å².